The summed E-state index contributed by atoms with van der Waals surface area (Å²) in [7, 11) is 3.23. The van der Waals surface area contributed by atoms with E-state index in [4.69, 9.17) is 25.8 Å². The van der Waals surface area contributed by atoms with E-state index < -0.39 is 0 Å². The third kappa shape index (κ3) is 5.91. The Morgan fingerprint density at radius 1 is 0.867 bits per heavy atom. The molecule has 3 aromatic rings. The first kappa shape index (κ1) is 21.5. The van der Waals surface area contributed by atoms with Crippen LogP contribution in [0.4, 0.5) is 0 Å². The Hall–Kier alpha value is -3.18. The molecule has 0 bridgehead atoms. The first-order chi connectivity index (χ1) is 14.6. The van der Waals surface area contributed by atoms with Crippen LogP contribution < -0.4 is 19.6 Å². The van der Waals surface area contributed by atoms with Gasteiger partial charge in [0.15, 0.2) is 11.5 Å². The maximum Gasteiger partial charge on any atom is 0.161 e. The number of hydrazone groups is 1. The molecular formula is C24H25ClN2O3. The second-order valence-electron chi connectivity index (χ2n) is 6.74. The van der Waals surface area contributed by atoms with Crippen molar-refractivity contribution in [1.82, 2.24) is 5.43 Å². The van der Waals surface area contributed by atoms with Gasteiger partial charge in [-0.25, -0.2) is 0 Å². The molecule has 0 atom stereocenters. The monoisotopic (exact) mass is 424 g/mol. The minimum atomic E-state index is 0.474. The molecule has 0 spiro atoms. The van der Waals surface area contributed by atoms with Gasteiger partial charge in [-0.2, -0.15) is 5.10 Å². The number of ether oxygens (including phenoxy) is 3. The standard InChI is InChI=1S/C24H25ClN2O3/c1-17-4-6-18(7-5-17)16-30-22-11-9-21(25)13-20(22)15-27-26-14-19-8-10-23(28-2)24(12-19)29-3/h4-13,15,26H,14,16H2,1-3H3/b27-15-. The number of aryl methyl sites for hydroxylation is 1. The molecule has 0 aliphatic rings. The number of halogens is 1. The highest BCUT2D eigenvalue weighted by molar-refractivity contribution is 6.30. The summed E-state index contributed by atoms with van der Waals surface area (Å²) in [4.78, 5) is 0. The summed E-state index contributed by atoms with van der Waals surface area (Å²) in [6.07, 6.45) is 1.71. The molecule has 6 heteroatoms. The largest absolute Gasteiger partial charge is 0.493 e. The topological polar surface area (TPSA) is 52.1 Å². The van der Waals surface area contributed by atoms with Crippen molar-refractivity contribution in [3.8, 4) is 17.2 Å². The first-order valence-electron chi connectivity index (χ1n) is 9.54. The Kier molecular flexibility index (Phi) is 7.57. The van der Waals surface area contributed by atoms with Gasteiger partial charge in [-0.15, -0.1) is 0 Å². The lowest BCUT2D eigenvalue weighted by atomic mass is 10.1. The lowest BCUT2D eigenvalue weighted by Crippen LogP contribution is -2.06. The summed E-state index contributed by atoms with van der Waals surface area (Å²) >= 11 is 6.16. The Bertz CT molecular complexity index is 1000. The van der Waals surface area contributed by atoms with Gasteiger partial charge >= 0.3 is 0 Å². The van der Waals surface area contributed by atoms with E-state index in [9.17, 15) is 0 Å². The molecule has 30 heavy (non-hydrogen) atoms. The van der Waals surface area contributed by atoms with Crippen LogP contribution in [0.2, 0.25) is 5.02 Å². The SMILES string of the molecule is COc1ccc(CN/N=C\c2cc(Cl)ccc2OCc2ccc(C)cc2)cc1OC. The Balaban J connectivity index is 1.63. The van der Waals surface area contributed by atoms with Crippen molar-refractivity contribution in [2.24, 2.45) is 5.10 Å². The molecule has 0 amide bonds. The van der Waals surface area contributed by atoms with Crippen LogP contribution in [0.3, 0.4) is 0 Å². The number of hydrogen-bond acceptors (Lipinski definition) is 5. The zero-order valence-corrected chi connectivity index (χ0v) is 18.1. The van der Waals surface area contributed by atoms with Gasteiger partial charge in [-0.05, 0) is 48.4 Å². The predicted octanol–water partition coefficient (Wildman–Crippen LogP) is 5.37. The van der Waals surface area contributed by atoms with Crippen molar-refractivity contribution >= 4 is 17.8 Å². The molecule has 0 saturated heterocycles. The molecule has 0 saturated carbocycles. The van der Waals surface area contributed by atoms with Crippen molar-refractivity contribution < 1.29 is 14.2 Å². The Morgan fingerprint density at radius 3 is 2.30 bits per heavy atom. The fourth-order valence-corrected chi connectivity index (χ4v) is 3.02. The van der Waals surface area contributed by atoms with E-state index in [1.54, 1.807) is 26.5 Å². The van der Waals surface area contributed by atoms with Crippen molar-refractivity contribution in [3.63, 3.8) is 0 Å². The molecule has 3 rings (SSSR count). The van der Waals surface area contributed by atoms with E-state index in [1.165, 1.54) is 5.56 Å². The van der Waals surface area contributed by atoms with Gasteiger partial charge in [-0.1, -0.05) is 47.5 Å². The normalized spacial score (nSPS) is 10.8. The zero-order chi connectivity index (χ0) is 21.3. The highest BCUT2D eigenvalue weighted by Gasteiger charge is 2.05. The molecule has 3 aromatic carbocycles. The molecule has 156 valence electrons. The summed E-state index contributed by atoms with van der Waals surface area (Å²) in [6, 6.07) is 19.5. The first-order valence-corrected chi connectivity index (χ1v) is 9.91. The number of rotatable bonds is 9. The lowest BCUT2D eigenvalue weighted by molar-refractivity contribution is 0.306. The second-order valence-corrected chi connectivity index (χ2v) is 7.18. The van der Waals surface area contributed by atoms with E-state index in [-0.39, 0.29) is 0 Å². The minimum Gasteiger partial charge on any atom is -0.493 e. The van der Waals surface area contributed by atoms with Crippen molar-refractivity contribution in [3.05, 3.63) is 87.9 Å². The maximum atomic E-state index is 6.16. The van der Waals surface area contributed by atoms with Gasteiger partial charge in [0.2, 0.25) is 0 Å². The van der Waals surface area contributed by atoms with E-state index >= 15 is 0 Å². The van der Waals surface area contributed by atoms with Crippen molar-refractivity contribution in [2.75, 3.05) is 14.2 Å². The summed E-state index contributed by atoms with van der Waals surface area (Å²) in [5, 5.41) is 4.94. The smallest absolute Gasteiger partial charge is 0.161 e. The average Bonchev–Trinajstić information content (AvgIpc) is 2.77. The predicted molar refractivity (Wildman–Crippen MR) is 121 cm³/mol. The molecule has 1 N–H and O–H groups in total. The second kappa shape index (κ2) is 10.6. The molecular weight excluding hydrogens is 400 g/mol. The molecule has 0 aliphatic carbocycles. The zero-order valence-electron chi connectivity index (χ0n) is 17.3. The molecule has 0 heterocycles. The molecule has 0 aromatic heterocycles. The van der Waals surface area contributed by atoms with E-state index in [0.29, 0.717) is 29.7 Å². The van der Waals surface area contributed by atoms with Gasteiger partial charge in [0.25, 0.3) is 0 Å². The van der Waals surface area contributed by atoms with Crippen LogP contribution in [-0.2, 0) is 13.2 Å². The van der Waals surface area contributed by atoms with Crippen LogP contribution in [0, 0.1) is 6.92 Å². The van der Waals surface area contributed by atoms with Crippen LogP contribution >= 0.6 is 11.6 Å². The summed E-state index contributed by atoms with van der Waals surface area (Å²) in [5.41, 5.74) is 7.18. The quantitative estimate of drug-likeness (QED) is 0.370. The molecule has 0 radical (unpaired) electrons. The number of hydrogen-bond donors (Lipinski definition) is 1. The van der Waals surface area contributed by atoms with Gasteiger partial charge in [0.1, 0.15) is 12.4 Å². The summed E-state index contributed by atoms with van der Waals surface area (Å²) < 4.78 is 16.6. The average molecular weight is 425 g/mol. The van der Waals surface area contributed by atoms with Crippen LogP contribution in [0.1, 0.15) is 22.3 Å². The van der Waals surface area contributed by atoms with Crippen LogP contribution in [0.5, 0.6) is 17.2 Å². The van der Waals surface area contributed by atoms with Crippen LogP contribution in [0.15, 0.2) is 65.8 Å². The van der Waals surface area contributed by atoms with Gasteiger partial charge in [-0.3, -0.25) is 0 Å². The van der Waals surface area contributed by atoms with Crippen LogP contribution in [0.25, 0.3) is 0 Å². The minimum absolute atomic E-state index is 0.474. The van der Waals surface area contributed by atoms with Crippen LogP contribution in [-0.4, -0.2) is 20.4 Å². The highest BCUT2D eigenvalue weighted by Crippen LogP contribution is 2.27. The molecule has 5 nitrogen and oxygen atoms in total. The van der Waals surface area contributed by atoms with Crippen molar-refractivity contribution in [2.45, 2.75) is 20.1 Å². The third-order valence-electron chi connectivity index (χ3n) is 4.51. The molecule has 0 fully saturated rings. The van der Waals surface area contributed by atoms with Gasteiger partial charge in [0, 0.05) is 10.6 Å². The number of methoxy groups -OCH3 is 2. The van der Waals surface area contributed by atoms with Crippen molar-refractivity contribution in [1.29, 1.82) is 0 Å². The summed E-state index contributed by atoms with van der Waals surface area (Å²) in [6.45, 7) is 3.08. The molecule has 0 unspecified atom stereocenters. The Morgan fingerprint density at radius 2 is 1.57 bits per heavy atom. The van der Waals surface area contributed by atoms with E-state index in [1.807, 2.05) is 30.3 Å². The molecule has 0 aliphatic heterocycles. The van der Waals surface area contributed by atoms with Gasteiger partial charge in [0.05, 0.1) is 27.0 Å². The van der Waals surface area contributed by atoms with E-state index in [2.05, 4.69) is 41.7 Å². The fraction of sp³-hybridized carbons (Fsp3) is 0.208. The number of nitrogens with zero attached hydrogens (tertiary/aromatic N) is 1. The number of nitrogens with one attached hydrogen (secondary N) is 1. The third-order valence-corrected chi connectivity index (χ3v) is 4.75. The number of benzene rings is 3. The lowest BCUT2D eigenvalue weighted by Gasteiger charge is -2.10. The van der Waals surface area contributed by atoms with E-state index in [0.717, 1.165) is 22.4 Å². The summed E-state index contributed by atoms with van der Waals surface area (Å²) in [5.74, 6) is 2.10. The fourth-order valence-electron chi connectivity index (χ4n) is 2.84. The highest BCUT2D eigenvalue weighted by atomic mass is 35.5. The maximum absolute atomic E-state index is 6.16. The Labute approximate surface area is 182 Å². The van der Waals surface area contributed by atoms with Gasteiger partial charge < -0.3 is 19.6 Å².